The Hall–Kier alpha value is -3.21. The second-order valence-corrected chi connectivity index (χ2v) is 7.47. The molecule has 0 unspecified atom stereocenters. The molecule has 1 heterocycles. The van der Waals surface area contributed by atoms with E-state index in [0.717, 1.165) is 17.2 Å². The molecule has 29 heavy (non-hydrogen) atoms. The molecule has 0 spiro atoms. The third-order valence-corrected chi connectivity index (χ3v) is 5.18. The van der Waals surface area contributed by atoms with E-state index in [0.29, 0.717) is 18.1 Å². The molecule has 0 aliphatic carbocycles. The van der Waals surface area contributed by atoms with Crippen LogP contribution >= 0.6 is 0 Å². The van der Waals surface area contributed by atoms with E-state index in [1.165, 1.54) is 17.2 Å². The first-order chi connectivity index (χ1) is 14.0. The fourth-order valence-electron chi connectivity index (χ4n) is 3.48. The van der Waals surface area contributed by atoms with Crippen LogP contribution in [0.1, 0.15) is 39.9 Å². The van der Waals surface area contributed by atoms with Gasteiger partial charge < -0.3 is 10.6 Å². The number of guanidine groups is 1. The maximum absolute atomic E-state index is 13.5. The van der Waals surface area contributed by atoms with E-state index in [1.807, 2.05) is 0 Å². The van der Waals surface area contributed by atoms with Gasteiger partial charge in [-0.15, -0.1) is 0 Å². The van der Waals surface area contributed by atoms with Crippen LogP contribution in [-0.4, -0.2) is 5.96 Å². The highest BCUT2D eigenvalue weighted by atomic mass is 19.2. The van der Waals surface area contributed by atoms with Crippen LogP contribution in [0.4, 0.5) is 8.78 Å². The van der Waals surface area contributed by atoms with Crippen LogP contribution in [-0.2, 0) is 6.54 Å². The van der Waals surface area contributed by atoms with Crippen molar-refractivity contribution in [3.63, 3.8) is 0 Å². The molecule has 3 nitrogen and oxygen atoms in total. The van der Waals surface area contributed by atoms with E-state index in [-0.39, 0.29) is 12.1 Å². The van der Waals surface area contributed by atoms with Crippen LogP contribution in [0.3, 0.4) is 0 Å². The average molecular weight is 391 g/mol. The second kappa shape index (κ2) is 8.03. The molecule has 5 heteroatoms. The van der Waals surface area contributed by atoms with E-state index in [4.69, 9.17) is 4.99 Å². The highest BCUT2D eigenvalue weighted by molar-refractivity contribution is 5.82. The molecule has 0 aromatic heterocycles. The second-order valence-electron chi connectivity index (χ2n) is 7.47. The highest BCUT2D eigenvalue weighted by Crippen LogP contribution is 2.36. The largest absolute Gasteiger partial charge is 0.352 e. The van der Waals surface area contributed by atoms with Crippen LogP contribution in [0.25, 0.3) is 0 Å². The van der Waals surface area contributed by atoms with Crippen LogP contribution in [0, 0.1) is 25.5 Å². The molecule has 0 amide bonds. The minimum atomic E-state index is -0.847. The number of rotatable bonds is 4. The summed E-state index contributed by atoms with van der Waals surface area (Å²) in [5.74, 6) is -1.05. The van der Waals surface area contributed by atoms with E-state index in [9.17, 15) is 8.78 Å². The average Bonchev–Trinajstić information content (AvgIpc) is 3.14. The summed E-state index contributed by atoms with van der Waals surface area (Å²) in [6, 6.07) is 20.6. The summed E-state index contributed by atoms with van der Waals surface area (Å²) in [5.41, 5.74) is 5.33. The lowest BCUT2D eigenvalue weighted by Crippen LogP contribution is -2.35. The predicted octanol–water partition coefficient (Wildman–Crippen LogP) is 5.11. The minimum Gasteiger partial charge on any atom is -0.352 e. The SMILES string of the molecule is Cc1ccc([C@H]2NC(NCc3ccc(F)c(F)c3)=N[C@H]2c2ccc(C)cc2)cc1. The molecule has 0 saturated heterocycles. The molecule has 0 radical (unpaired) electrons. The van der Waals surface area contributed by atoms with Gasteiger partial charge in [0.05, 0.1) is 6.04 Å². The van der Waals surface area contributed by atoms with Crippen molar-refractivity contribution in [2.75, 3.05) is 0 Å². The van der Waals surface area contributed by atoms with Gasteiger partial charge in [-0.2, -0.15) is 0 Å². The first-order valence-electron chi connectivity index (χ1n) is 9.65. The first kappa shape index (κ1) is 19.1. The molecule has 0 bridgehead atoms. The van der Waals surface area contributed by atoms with E-state index < -0.39 is 11.6 Å². The maximum atomic E-state index is 13.5. The van der Waals surface area contributed by atoms with Crippen molar-refractivity contribution < 1.29 is 8.78 Å². The summed E-state index contributed by atoms with van der Waals surface area (Å²) < 4.78 is 26.6. The van der Waals surface area contributed by atoms with Crippen molar-refractivity contribution in [2.45, 2.75) is 32.5 Å². The zero-order valence-corrected chi connectivity index (χ0v) is 16.4. The quantitative estimate of drug-likeness (QED) is 0.648. The third-order valence-electron chi connectivity index (χ3n) is 5.18. The Morgan fingerprint density at radius 1 is 0.828 bits per heavy atom. The molecule has 0 fully saturated rings. The molecule has 0 saturated carbocycles. The summed E-state index contributed by atoms with van der Waals surface area (Å²) in [6.45, 7) is 4.48. The number of aliphatic imine (C=N–C) groups is 1. The van der Waals surface area contributed by atoms with Gasteiger partial charge in [0.1, 0.15) is 6.04 Å². The van der Waals surface area contributed by atoms with Crippen molar-refractivity contribution in [3.8, 4) is 0 Å². The van der Waals surface area contributed by atoms with Crippen LogP contribution < -0.4 is 10.6 Å². The van der Waals surface area contributed by atoms with Gasteiger partial charge >= 0.3 is 0 Å². The molecule has 148 valence electrons. The molecule has 1 aliphatic heterocycles. The lowest BCUT2D eigenvalue weighted by molar-refractivity contribution is 0.506. The number of nitrogens with one attached hydrogen (secondary N) is 2. The van der Waals surface area contributed by atoms with Gasteiger partial charge in [0.15, 0.2) is 17.6 Å². The summed E-state index contributed by atoms with van der Waals surface area (Å²) in [5, 5.41) is 6.67. The summed E-state index contributed by atoms with van der Waals surface area (Å²) in [7, 11) is 0. The fourth-order valence-corrected chi connectivity index (χ4v) is 3.48. The standard InChI is InChI=1S/C24H23F2N3/c1-15-3-8-18(9-4-15)22-23(19-10-5-16(2)6-11-19)29-24(28-22)27-14-17-7-12-20(25)21(26)13-17/h3-13,22-23H,14H2,1-2H3,(H2,27,28,29)/t22-,23+. The maximum Gasteiger partial charge on any atom is 0.192 e. The van der Waals surface area contributed by atoms with Gasteiger partial charge in [0, 0.05) is 6.54 Å². The Morgan fingerprint density at radius 2 is 1.45 bits per heavy atom. The van der Waals surface area contributed by atoms with Gasteiger partial charge in [0.25, 0.3) is 0 Å². The van der Waals surface area contributed by atoms with Crippen molar-refractivity contribution >= 4 is 5.96 Å². The van der Waals surface area contributed by atoms with Crippen LogP contribution in [0.15, 0.2) is 71.7 Å². The fraction of sp³-hybridized carbons (Fsp3) is 0.208. The molecule has 2 N–H and O–H groups in total. The first-order valence-corrected chi connectivity index (χ1v) is 9.65. The topological polar surface area (TPSA) is 36.4 Å². The Balaban J connectivity index is 1.57. The molecule has 2 atom stereocenters. The minimum absolute atomic E-state index is 0.00856. The molecular weight excluding hydrogens is 368 g/mol. The van der Waals surface area contributed by atoms with Crippen molar-refractivity contribution in [1.29, 1.82) is 0 Å². The van der Waals surface area contributed by atoms with Crippen molar-refractivity contribution in [3.05, 3.63) is 106 Å². The molecule has 3 aromatic rings. The number of aryl methyl sites for hydroxylation is 2. The third kappa shape index (κ3) is 4.29. The van der Waals surface area contributed by atoms with E-state index >= 15 is 0 Å². The Kier molecular flexibility index (Phi) is 5.30. The van der Waals surface area contributed by atoms with Gasteiger partial charge in [-0.25, -0.2) is 13.8 Å². The van der Waals surface area contributed by atoms with Gasteiger partial charge in [0.2, 0.25) is 0 Å². The highest BCUT2D eigenvalue weighted by Gasteiger charge is 2.31. The number of benzene rings is 3. The number of hydrogen-bond donors (Lipinski definition) is 2. The summed E-state index contributed by atoms with van der Waals surface area (Å²) in [6.07, 6.45) is 0. The number of nitrogens with zero attached hydrogens (tertiary/aromatic N) is 1. The van der Waals surface area contributed by atoms with Crippen molar-refractivity contribution in [1.82, 2.24) is 10.6 Å². The normalized spacial score (nSPS) is 18.3. The monoisotopic (exact) mass is 391 g/mol. The van der Waals surface area contributed by atoms with E-state index in [2.05, 4.69) is 73.0 Å². The van der Waals surface area contributed by atoms with Gasteiger partial charge in [-0.05, 0) is 42.7 Å². The molecule has 1 aliphatic rings. The van der Waals surface area contributed by atoms with Crippen LogP contribution in [0.5, 0.6) is 0 Å². The van der Waals surface area contributed by atoms with Gasteiger partial charge in [-0.3, -0.25) is 0 Å². The number of halogens is 2. The Morgan fingerprint density at radius 3 is 2.07 bits per heavy atom. The number of hydrogen-bond acceptors (Lipinski definition) is 3. The summed E-state index contributed by atoms with van der Waals surface area (Å²) in [4.78, 5) is 4.85. The zero-order chi connectivity index (χ0) is 20.4. The van der Waals surface area contributed by atoms with E-state index in [1.54, 1.807) is 6.07 Å². The predicted molar refractivity (Wildman–Crippen MR) is 112 cm³/mol. The smallest absolute Gasteiger partial charge is 0.192 e. The Bertz CT molecular complexity index is 1030. The molecular formula is C24H23F2N3. The van der Waals surface area contributed by atoms with Gasteiger partial charge in [-0.1, -0.05) is 65.7 Å². The Labute approximate surface area is 169 Å². The van der Waals surface area contributed by atoms with Crippen LogP contribution in [0.2, 0.25) is 0 Å². The zero-order valence-electron chi connectivity index (χ0n) is 16.4. The lowest BCUT2D eigenvalue weighted by Gasteiger charge is -2.20. The summed E-state index contributed by atoms with van der Waals surface area (Å²) >= 11 is 0. The van der Waals surface area contributed by atoms with Crippen molar-refractivity contribution in [2.24, 2.45) is 4.99 Å². The lowest BCUT2D eigenvalue weighted by atomic mass is 9.94. The molecule has 4 rings (SSSR count). The molecule has 3 aromatic carbocycles.